The number of rotatable bonds is 6. The zero-order valence-electron chi connectivity index (χ0n) is 16.3. The van der Waals surface area contributed by atoms with Crippen molar-refractivity contribution >= 4 is 22.4 Å². The molecule has 0 spiro atoms. The highest BCUT2D eigenvalue weighted by molar-refractivity contribution is 5.82. The predicted octanol–water partition coefficient (Wildman–Crippen LogP) is 4.62. The highest BCUT2D eigenvalue weighted by Gasteiger charge is 2.12. The molecule has 0 unspecified atom stereocenters. The van der Waals surface area contributed by atoms with Crippen molar-refractivity contribution in [2.75, 3.05) is 5.32 Å². The van der Waals surface area contributed by atoms with Gasteiger partial charge in [0.25, 0.3) is 5.69 Å². The predicted molar refractivity (Wildman–Crippen MR) is 113 cm³/mol. The molecule has 0 atom stereocenters. The summed E-state index contributed by atoms with van der Waals surface area (Å²) in [6.07, 6.45) is 0. The summed E-state index contributed by atoms with van der Waals surface area (Å²) >= 11 is 0. The second-order valence-electron chi connectivity index (χ2n) is 6.98. The molecule has 0 aliphatic carbocycles. The van der Waals surface area contributed by atoms with Gasteiger partial charge < -0.3 is 5.32 Å². The van der Waals surface area contributed by atoms with E-state index in [0.717, 1.165) is 34.7 Å². The summed E-state index contributed by atoms with van der Waals surface area (Å²) in [5.41, 5.74) is 5.25. The van der Waals surface area contributed by atoms with Gasteiger partial charge in [-0.1, -0.05) is 30.3 Å². The highest BCUT2D eigenvalue weighted by Crippen LogP contribution is 2.22. The first-order valence-electron chi connectivity index (χ1n) is 9.37. The van der Waals surface area contributed by atoms with Crippen molar-refractivity contribution in [1.82, 2.24) is 14.8 Å². The Morgan fingerprint density at radius 2 is 1.86 bits per heavy atom. The Kier molecular flexibility index (Phi) is 4.95. The van der Waals surface area contributed by atoms with E-state index in [1.54, 1.807) is 6.07 Å². The number of non-ortho nitro benzene ring substituents is 1. The molecule has 29 heavy (non-hydrogen) atoms. The summed E-state index contributed by atoms with van der Waals surface area (Å²) in [7, 11) is 0. The smallest absolute Gasteiger partial charge is 0.270 e. The molecule has 0 aliphatic rings. The number of nitrogens with one attached hydrogen (secondary N) is 1. The van der Waals surface area contributed by atoms with Gasteiger partial charge in [0.2, 0.25) is 0 Å². The van der Waals surface area contributed by atoms with Crippen LogP contribution >= 0.6 is 0 Å². The van der Waals surface area contributed by atoms with Gasteiger partial charge in [0, 0.05) is 35.3 Å². The Morgan fingerprint density at radius 3 is 2.62 bits per heavy atom. The van der Waals surface area contributed by atoms with Gasteiger partial charge >= 0.3 is 0 Å². The first-order chi connectivity index (χ1) is 14.0. The maximum absolute atomic E-state index is 10.9. The standard InChI is InChI=1S/C22H21N5O2/c1-15-20(16(2)26(25-15)14-17-6-4-3-5-7-17)13-23-22-11-8-18-12-19(27(28)29)9-10-21(18)24-22/h3-12H,13-14H2,1-2H3,(H,23,24). The largest absolute Gasteiger partial charge is 0.366 e. The molecule has 0 aliphatic heterocycles. The average Bonchev–Trinajstić information content (AvgIpc) is 2.99. The van der Waals surface area contributed by atoms with Crippen LogP contribution in [0.1, 0.15) is 22.5 Å². The number of benzene rings is 2. The molecule has 0 saturated carbocycles. The number of hydrogen-bond donors (Lipinski definition) is 1. The molecule has 0 radical (unpaired) electrons. The molecular formula is C22H21N5O2. The summed E-state index contributed by atoms with van der Waals surface area (Å²) in [6.45, 7) is 5.43. The number of aromatic nitrogens is 3. The SMILES string of the molecule is Cc1nn(Cc2ccccc2)c(C)c1CNc1ccc2cc([N+](=O)[O-])ccc2n1. The van der Waals surface area contributed by atoms with Crippen LogP contribution in [-0.4, -0.2) is 19.7 Å². The van der Waals surface area contributed by atoms with E-state index >= 15 is 0 Å². The zero-order chi connectivity index (χ0) is 20.4. The van der Waals surface area contributed by atoms with Crippen molar-refractivity contribution in [2.24, 2.45) is 0 Å². The van der Waals surface area contributed by atoms with E-state index in [9.17, 15) is 10.1 Å². The molecule has 0 bridgehead atoms. The number of anilines is 1. The summed E-state index contributed by atoms with van der Waals surface area (Å²) in [5, 5.41) is 19.7. The second kappa shape index (κ2) is 7.71. The van der Waals surface area contributed by atoms with E-state index in [1.165, 1.54) is 17.7 Å². The normalized spacial score (nSPS) is 11.0. The number of nitro benzene ring substituents is 1. The molecule has 2 aromatic carbocycles. The van der Waals surface area contributed by atoms with Gasteiger partial charge in [-0.15, -0.1) is 0 Å². The van der Waals surface area contributed by atoms with Crippen LogP contribution in [0.5, 0.6) is 0 Å². The first-order valence-corrected chi connectivity index (χ1v) is 9.37. The van der Waals surface area contributed by atoms with Crippen LogP contribution in [0, 0.1) is 24.0 Å². The summed E-state index contributed by atoms with van der Waals surface area (Å²) < 4.78 is 2.02. The molecule has 2 aromatic heterocycles. The van der Waals surface area contributed by atoms with Gasteiger partial charge in [0.15, 0.2) is 0 Å². The van der Waals surface area contributed by atoms with Crippen molar-refractivity contribution in [2.45, 2.75) is 26.9 Å². The quantitative estimate of drug-likeness (QED) is 0.385. The maximum Gasteiger partial charge on any atom is 0.270 e. The number of nitrogens with zero attached hydrogens (tertiary/aromatic N) is 4. The summed E-state index contributed by atoms with van der Waals surface area (Å²) in [4.78, 5) is 15.1. The molecule has 0 saturated heterocycles. The Morgan fingerprint density at radius 1 is 1.07 bits per heavy atom. The van der Waals surface area contributed by atoms with E-state index in [0.29, 0.717) is 12.1 Å². The third-order valence-corrected chi connectivity index (χ3v) is 5.04. The Bertz CT molecular complexity index is 1180. The van der Waals surface area contributed by atoms with Crippen LogP contribution in [0.15, 0.2) is 60.7 Å². The molecular weight excluding hydrogens is 366 g/mol. The number of pyridine rings is 1. The molecule has 7 nitrogen and oxygen atoms in total. The van der Waals surface area contributed by atoms with E-state index in [-0.39, 0.29) is 5.69 Å². The van der Waals surface area contributed by atoms with Gasteiger partial charge in [-0.3, -0.25) is 14.8 Å². The fourth-order valence-electron chi connectivity index (χ4n) is 3.40. The van der Waals surface area contributed by atoms with Crippen molar-refractivity contribution < 1.29 is 4.92 Å². The second-order valence-corrected chi connectivity index (χ2v) is 6.98. The lowest BCUT2D eigenvalue weighted by Crippen LogP contribution is -2.06. The van der Waals surface area contributed by atoms with Crippen molar-refractivity contribution in [3.63, 3.8) is 0 Å². The summed E-state index contributed by atoms with van der Waals surface area (Å²) in [6, 6.07) is 18.6. The fraction of sp³-hybridized carbons (Fsp3) is 0.182. The van der Waals surface area contributed by atoms with Crippen LogP contribution < -0.4 is 5.32 Å². The molecule has 4 aromatic rings. The Hall–Kier alpha value is -3.74. The van der Waals surface area contributed by atoms with Crippen LogP contribution in [0.4, 0.5) is 11.5 Å². The van der Waals surface area contributed by atoms with Crippen LogP contribution in [0.2, 0.25) is 0 Å². The number of fused-ring (bicyclic) bond motifs is 1. The van der Waals surface area contributed by atoms with Crippen LogP contribution in [0.25, 0.3) is 10.9 Å². The lowest BCUT2D eigenvalue weighted by Gasteiger charge is -2.08. The van der Waals surface area contributed by atoms with Gasteiger partial charge in [0.1, 0.15) is 5.82 Å². The average molecular weight is 387 g/mol. The van der Waals surface area contributed by atoms with Crippen LogP contribution in [-0.2, 0) is 13.1 Å². The minimum Gasteiger partial charge on any atom is -0.366 e. The topological polar surface area (TPSA) is 85.9 Å². The third-order valence-electron chi connectivity index (χ3n) is 5.04. The molecule has 146 valence electrons. The van der Waals surface area contributed by atoms with Gasteiger partial charge in [-0.25, -0.2) is 4.98 Å². The number of aryl methyl sites for hydroxylation is 1. The lowest BCUT2D eigenvalue weighted by molar-refractivity contribution is -0.384. The summed E-state index contributed by atoms with van der Waals surface area (Å²) in [5.74, 6) is 0.723. The monoisotopic (exact) mass is 387 g/mol. The number of hydrogen-bond acceptors (Lipinski definition) is 5. The lowest BCUT2D eigenvalue weighted by atomic mass is 10.2. The fourth-order valence-corrected chi connectivity index (χ4v) is 3.40. The minimum atomic E-state index is -0.399. The van der Waals surface area contributed by atoms with Crippen molar-refractivity contribution in [3.8, 4) is 0 Å². The van der Waals surface area contributed by atoms with E-state index in [2.05, 4.69) is 34.5 Å². The van der Waals surface area contributed by atoms with Crippen molar-refractivity contribution in [1.29, 1.82) is 0 Å². The molecule has 0 amide bonds. The van der Waals surface area contributed by atoms with Gasteiger partial charge in [-0.05, 0) is 37.6 Å². The third kappa shape index (κ3) is 3.94. The maximum atomic E-state index is 10.9. The molecule has 2 heterocycles. The van der Waals surface area contributed by atoms with Crippen molar-refractivity contribution in [3.05, 3.63) is 93.3 Å². The zero-order valence-corrected chi connectivity index (χ0v) is 16.3. The van der Waals surface area contributed by atoms with E-state index in [4.69, 9.17) is 0 Å². The van der Waals surface area contributed by atoms with E-state index in [1.807, 2.05) is 41.9 Å². The minimum absolute atomic E-state index is 0.0667. The van der Waals surface area contributed by atoms with Gasteiger partial charge in [-0.2, -0.15) is 5.10 Å². The molecule has 7 heteroatoms. The highest BCUT2D eigenvalue weighted by atomic mass is 16.6. The van der Waals surface area contributed by atoms with E-state index < -0.39 is 4.92 Å². The van der Waals surface area contributed by atoms with Crippen LogP contribution in [0.3, 0.4) is 0 Å². The van der Waals surface area contributed by atoms with Gasteiger partial charge in [0.05, 0.1) is 22.7 Å². The molecule has 4 rings (SSSR count). The molecule has 1 N–H and O–H groups in total. The Balaban J connectivity index is 1.51. The molecule has 0 fully saturated rings. The first kappa shape index (κ1) is 18.6. The number of nitro groups is 1. The Labute approximate surface area is 168 Å².